The molecule has 3 rings (SSSR count). The summed E-state index contributed by atoms with van der Waals surface area (Å²) in [7, 11) is 1.34. The fourth-order valence-electron chi connectivity index (χ4n) is 1.87. The van der Waals surface area contributed by atoms with Crippen LogP contribution in [0.1, 0.15) is 10.5 Å². The average Bonchev–Trinajstić information content (AvgIpc) is 2.91. The first kappa shape index (κ1) is 11.3. The average molecular weight is 254 g/mol. The molecule has 0 radical (unpaired) electrons. The predicted molar refractivity (Wildman–Crippen MR) is 67.6 cm³/mol. The molecule has 0 bridgehead atoms. The third-order valence-electron chi connectivity index (χ3n) is 2.72. The third kappa shape index (κ3) is 1.83. The van der Waals surface area contributed by atoms with Crippen molar-refractivity contribution < 1.29 is 9.53 Å². The molecular formula is C13H10N4O2. The number of hydrogen-bond acceptors (Lipinski definition) is 5. The number of hydrogen-bond donors (Lipinski definition) is 0. The summed E-state index contributed by atoms with van der Waals surface area (Å²) >= 11 is 0. The van der Waals surface area contributed by atoms with Crippen molar-refractivity contribution in [3.8, 4) is 11.5 Å². The Morgan fingerprint density at radius 2 is 2.05 bits per heavy atom. The van der Waals surface area contributed by atoms with E-state index in [1.165, 1.54) is 7.11 Å². The summed E-state index contributed by atoms with van der Waals surface area (Å²) in [5.41, 5.74) is 1.58. The molecule has 0 spiro atoms. The van der Waals surface area contributed by atoms with Crippen LogP contribution in [0.15, 0.2) is 42.6 Å². The quantitative estimate of drug-likeness (QED) is 0.649. The number of rotatable bonds is 2. The SMILES string of the molecule is COC(=O)c1cccc2nnc(-c3ccccn3)n12. The third-order valence-corrected chi connectivity index (χ3v) is 2.72. The number of carbonyl (C=O) groups excluding carboxylic acids is 1. The van der Waals surface area contributed by atoms with Gasteiger partial charge in [-0.1, -0.05) is 12.1 Å². The van der Waals surface area contributed by atoms with Gasteiger partial charge in [-0.2, -0.15) is 0 Å². The van der Waals surface area contributed by atoms with Crippen LogP contribution in [0.5, 0.6) is 0 Å². The largest absolute Gasteiger partial charge is 0.464 e. The maximum absolute atomic E-state index is 11.8. The van der Waals surface area contributed by atoms with Crippen molar-refractivity contribution in [3.63, 3.8) is 0 Å². The summed E-state index contributed by atoms with van der Waals surface area (Å²) in [6.07, 6.45) is 1.66. The van der Waals surface area contributed by atoms with Gasteiger partial charge in [-0.3, -0.25) is 9.38 Å². The minimum atomic E-state index is -0.442. The van der Waals surface area contributed by atoms with Crippen molar-refractivity contribution in [1.29, 1.82) is 0 Å². The molecule has 6 heteroatoms. The number of aromatic nitrogens is 4. The molecule has 0 saturated heterocycles. The molecule has 3 heterocycles. The Labute approximate surface area is 108 Å². The van der Waals surface area contributed by atoms with Gasteiger partial charge in [-0.25, -0.2) is 4.79 Å². The van der Waals surface area contributed by atoms with Crippen molar-refractivity contribution in [3.05, 3.63) is 48.3 Å². The van der Waals surface area contributed by atoms with E-state index in [4.69, 9.17) is 4.74 Å². The summed E-state index contributed by atoms with van der Waals surface area (Å²) < 4.78 is 6.40. The molecule has 0 unspecified atom stereocenters. The first-order valence-corrected chi connectivity index (χ1v) is 5.65. The summed E-state index contributed by atoms with van der Waals surface area (Å²) in [6.45, 7) is 0. The Bertz CT molecular complexity index is 737. The van der Waals surface area contributed by atoms with Crippen LogP contribution in [0.3, 0.4) is 0 Å². The molecular weight excluding hydrogens is 244 g/mol. The first-order chi connectivity index (χ1) is 9.31. The van der Waals surface area contributed by atoms with E-state index in [9.17, 15) is 4.79 Å². The lowest BCUT2D eigenvalue weighted by Crippen LogP contribution is -2.09. The van der Waals surface area contributed by atoms with Gasteiger partial charge in [0.2, 0.25) is 0 Å². The Morgan fingerprint density at radius 3 is 2.79 bits per heavy atom. The zero-order chi connectivity index (χ0) is 13.2. The fraction of sp³-hybridized carbons (Fsp3) is 0.0769. The van der Waals surface area contributed by atoms with E-state index in [0.717, 1.165) is 0 Å². The zero-order valence-electron chi connectivity index (χ0n) is 10.1. The number of carbonyl (C=O) groups is 1. The van der Waals surface area contributed by atoms with Crippen molar-refractivity contribution in [2.45, 2.75) is 0 Å². The Hall–Kier alpha value is -2.76. The van der Waals surface area contributed by atoms with Gasteiger partial charge in [0.05, 0.1) is 7.11 Å². The van der Waals surface area contributed by atoms with E-state index in [1.54, 1.807) is 28.8 Å². The predicted octanol–water partition coefficient (Wildman–Crippen LogP) is 1.58. The molecule has 0 aliphatic carbocycles. The van der Waals surface area contributed by atoms with Gasteiger partial charge in [0.25, 0.3) is 0 Å². The van der Waals surface area contributed by atoms with Crippen LogP contribution in [0.4, 0.5) is 0 Å². The standard InChI is InChI=1S/C13H10N4O2/c1-19-13(18)10-6-4-7-11-15-16-12(17(10)11)9-5-2-3-8-14-9/h2-8H,1H3. The van der Waals surface area contributed by atoms with Crippen molar-refractivity contribution >= 4 is 11.6 Å². The van der Waals surface area contributed by atoms with Gasteiger partial charge in [0.1, 0.15) is 11.4 Å². The molecule has 0 aromatic carbocycles. The van der Waals surface area contributed by atoms with Gasteiger partial charge in [-0.05, 0) is 24.3 Å². The monoisotopic (exact) mass is 254 g/mol. The number of esters is 1. The van der Waals surface area contributed by atoms with Crippen molar-refractivity contribution in [1.82, 2.24) is 19.6 Å². The second kappa shape index (κ2) is 4.49. The minimum Gasteiger partial charge on any atom is -0.464 e. The smallest absolute Gasteiger partial charge is 0.355 e. The van der Waals surface area contributed by atoms with Crippen molar-refractivity contribution in [2.24, 2.45) is 0 Å². The maximum Gasteiger partial charge on any atom is 0.355 e. The molecule has 3 aromatic heterocycles. The van der Waals surface area contributed by atoms with E-state index in [2.05, 4.69) is 15.2 Å². The fourth-order valence-corrected chi connectivity index (χ4v) is 1.87. The Morgan fingerprint density at radius 1 is 1.16 bits per heavy atom. The number of methoxy groups -OCH3 is 1. The molecule has 0 atom stereocenters. The molecule has 0 aliphatic heterocycles. The van der Waals surface area contributed by atoms with Crippen LogP contribution < -0.4 is 0 Å². The molecule has 0 amide bonds. The molecule has 0 saturated carbocycles. The Balaban J connectivity index is 2.30. The lowest BCUT2D eigenvalue weighted by Gasteiger charge is -2.05. The second-order valence-corrected chi connectivity index (χ2v) is 3.83. The van der Waals surface area contributed by atoms with Gasteiger partial charge >= 0.3 is 5.97 Å². The molecule has 19 heavy (non-hydrogen) atoms. The second-order valence-electron chi connectivity index (χ2n) is 3.83. The molecule has 3 aromatic rings. The summed E-state index contributed by atoms with van der Waals surface area (Å²) in [5, 5.41) is 8.12. The van der Waals surface area contributed by atoms with E-state index in [1.807, 2.05) is 18.2 Å². The molecule has 0 fully saturated rings. The van der Waals surface area contributed by atoms with E-state index in [-0.39, 0.29) is 0 Å². The Kier molecular flexibility index (Phi) is 2.68. The van der Waals surface area contributed by atoms with Crippen LogP contribution in [-0.2, 0) is 4.74 Å². The van der Waals surface area contributed by atoms with Crippen LogP contribution in [-0.4, -0.2) is 32.7 Å². The summed E-state index contributed by atoms with van der Waals surface area (Å²) in [4.78, 5) is 16.0. The van der Waals surface area contributed by atoms with Crippen LogP contribution in [0, 0.1) is 0 Å². The lowest BCUT2D eigenvalue weighted by atomic mass is 10.3. The van der Waals surface area contributed by atoms with E-state index < -0.39 is 5.97 Å². The van der Waals surface area contributed by atoms with Gasteiger partial charge in [0.15, 0.2) is 11.5 Å². The number of nitrogens with zero attached hydrogens (tertiary/aromatic N) is 4. The molecule has 6 nitrogen and oxygen atoms in total. The van der Waals surface area contributed by atoms with E-state index >= 15 is 0 Å². The van der Waals surface area contributed by atoms with Gasteiger partial charge in [0, 0.05) is 6.20 Å². The molecule has 94 valence electrons. The van der Waals surface area contributed by atoms with Gasteiger partial charge in [-0.15, -0.1) is 10.2 Å². The zero-order valence-corrected chi connectivity index (χ0v) is 10.1. The highest BCUT2D eigenvalue weighted by Crippen LogP contribution is 2.18. The number of fused-ring (bicyclic) bond motifs is 1. The van der Waals surface area contributed by atoms with Gasteiger partial charge < -0.3 is 4.74 Å². The molecule has 0 N–H and O–H groups in total. The van der Waals surface area contributed by atoms with Crippen LogP contribution in [0.25, 0.3) is 17.2 Å². The van der Waals surface area contributed by atoms with Crippen LogP contribution >= 0.6 is 0 Å². The highest BCUT2D eigenvalue weighted by molar-refractivity contribution is 5.89. The summed E-state index contributed by atoms with van der Waals surface area (Å²) in [5.74, 6) is 0.0687. The molecule has 0 aliphatic rings. The van der Waals surface area contributed by atoms with Crippen LogP contribution in [0.2, 0.25) is 0 Å². The van der Waals surface area contributed by atoms with Crippen molar-refractivity contribution in [2.75, 3.05) is 7.11 Å². The maximum atomic E-state index is 11.8. The summed E-state index contributed by atoms with van der Waals surface area (Å²) in [6, 6.07) is 10.6. The minimum absolute atomic E-state index is 0.366. The first-order valence-electron chi connectivity index (χ1n) is 5.65. The number of ether oxygens (including phenoxy) is 1. The highest BCUT2D eigenvalue weighted by atomic mass is 16.5. The lowest BCUT2D eigenvalue weighted by molar-refractivity contribution is 0.0592. The highest BCUT2D eigenvalue weighted by Gasteiger charge is 2.16. The topological polar surface area (TPSA) is 69.4 Å². The number of pyridine rings is 2. The van der Waals surface area contributed by atoms with E-state index in [0.29, 0.717) is 22.9 Å². The normalized spacial score (nSPS) is 10.6.